The Kier molecular flexibility index (Phi) is 5.03. The van der Waals surface area contributed by atoms with Gasteiger partial charge in [0.05, 0.1) is 18.5 Å². The largest absolute Gasteiger partial charge is 0.380 e. The molecule has 5 nitrogen and oxygen atoms in total. The highest BCUT2D eigenvalue weighted by molar-refractivity contribution is 5.94. The van der Waals surface area contributed by atoms with Gasteiger partial charge in [0, 0.05) is 31.0 Å². The minimum absolute atomic E-state index is 0.111. The topological polar surface area (TPSA) is 56.1 Å². The molecule has 1 N–H and O–H groups in total. The normalized spacial score (nSPS) is 10.5. The van der Waals surface area contributed by atoms with Gasteiger partial charge >= 0.3 is 0 Å². The monoisotopic (exact) mass is 321 g/mol. The molecule has 0 fully saturated rings. The summed E-state index contributed by atoms with van der Waals surface area (Å²) in [7, 11) is 1.64. The van der Waals surface area contributed by atoms with E-state index in [0.717, 1.165) is 16.8 Å². The van der Waals surface area contributed by atoms with Crippen molar-refractivity contribution in [2.45, 2.75) is 13.2 Å². The first-order valence-electron chi connectivity index (χ1n) is 7.71. The van der Waals surface area contributed by atoms with Gasteiger partial charge in [-0.05, 0) is 29.8 Å². The van der Waals surface area contributed by atoms with Crippen molar-refractivity contribution in [2.75, 3.05) is 7.11 Å². The van der Waals surface area contributed by atoms with E-state index in [9.17, 15) is 4.79 Å². The Balaban J connectivity index is 1.62. The van der Waals surface area contributed by atoms with Crippen molar-refractivity contribution in [3.05, 3.63) is 83.7 Å². The van der Waals surface area contributed by atoms with E-state index >= 15 is 0 Å². The van der Waals surface area contributed by atoms with Gasteiger partial charge in [-0.15, -0.1) is 0 Å². The number of nitrogens with zero attached hydrogens (tertiary/aromatic N) is 2. The molecular formula is C19H19N3O2. The van der Waals surface area contributed by atoms with Gasteiger partial charge in [-0.25, -0.2) is 4.68 Å². The van der Waals surface area contributed by atoms with Crippen LogP contribution in [0.25, 0.3) is 5.69 Å². The quantitative estimate of drug-likeness (QED) is 0.759. The molecule has 0 aliphatic carbocycles. The van der Waals surface area contributed by atoms with Crippen LogP contribution in [-0.4, -0.2) is 22.8 Å². The molecule has 122 valence electrons. The van der Waals surface area contributed by atoms with Crippen molar-refractivity contribution < 1.29 is 9.53 Å². The molecule has 0 bridgehead atoms. The van der Waals surface area contributed by atoms with Gasteiger partial charge in [-0.1, -0.05) is 30.3 Å². The number of para-hydroxylation sites is 1. The summed E-state index contributed by atoms with van der Waals surface area (Å²) < 4.78 is 6.89. The summed E-state index contributed by atoms with van der Waals surface area (Å²) >= 11 is 0. The zero-order valence-electron chi connectivity index (χ0n) is 13.5. The second-order valence-corrected chi connectivity index (χ2v) is 5.44. The third-order valence-corrected chi connectivity index (χ3v) is 3.61. The van der Waals surface area contributed by atoms with E-state index in [1.165, 1.54) is 0 Å². The van der Waals surface area contributed by atoms with Crippen LogP contribution >= 0.6 is 0 Å². The molecule has 5 heteroatoms. The summed E-state index contributed by atoms with van der Waals surface area (Å²) in [6.45, 7) is 0.922. The molecule has 24 heavy (non-hydrogen) atoms. The van der Waals surface area contributed by atoms with Crippen LogP contribution in [0.5, 0.6) is 0 Å². The SMILES string of the molecule is COCc1cccc(C(=O)NCc2cnn(-c3ccccc3)c2)c1. The lowest BCUT2D eigenvalue weighted by atomic mass is 10.1. The maximum Gasteiger partial charge on any atom is 0.251 e. The van der Waals surface area contributed by atoms with Gasteiger partial charge in [-0.2, -0.15) is 5.10 Å². The van der Waals surface area contributed by atoms with Crippen LogP contribution in [0.4, 0.5) is 0 Å². The van der Waals surface area contributed by atoms with E-state index in [1.807, 2.05) is 54.7 Å². The van der Waals surface area contributed by atoms with Crippen LogP contribution in [0.15, 0.2) is 67.0 Å². The van der Waals surface area contributed by atoms with Crippen molar-refractivity contribution in [3.63, 3.8) is 0 Å². The van der Waals surface area contributed by atoms with Crippen LogP contribution in [0.3, 0.4) is 0 Å². The minimum atomic E-state index is -0.111. The number of hydrogen-bond acceptors (Lipinski definition) is 3. The van der Waals surface area contributed by atoms with E-state index in [2.05, 4.69) is 10.4 Å². The summed E-state index contributed by atoms with van der Waals surface area (Å²) in [4.78, 5) is 12.3. The van der Waals surface area contributed by atoms with E-state index in [1.54, 1.807) is 24.1 Å². The van der Waals surface area contributed by atoms with Gasteiger partial charge in [0.1, 0.15) is 0 Å². The van der Waals surface area contributed by atoms with Gasteiger partial charge < -0.3 is 10.1 Å². The highest BCUT2D eigenvalue weighted by Crippen LogP contribution is 2.09. The molecule has 0 saturated heterocycles. The highest BCUT2D eigenvalue weighted by Gasteiger charge is 2.07. The predicted molar refractivity (Wildman–Crippen MR) is 91.9 cm³/mol. The molecule has 1 aromatic heterocycles. The number of methoxy groups -OCH3 is 1. The first kappa shape index (κ1) is 16.0. The average Bonchev–Trinajstić information content (AvgIpc) is 3.10. The number of carbonyl (C=O) groups is 1. The van der Waals surface area contributed by atoms with Crippen molar-refractivity contribution in [1.29, 1.82) is 0 Å². The zero-order valence-corrected chi connectivity index (χ0v) is 13.5. The maximum atomic E-state index is 12.3. The smallest absolute Gasteiger partial charge is 0.251 e. The predicted octanol–water partition coefficient (Wildman–Crippen LogP) is 2.95. The number of hydrogen-bond donors (Lipinski definition) is 1. The van der Waals surface area contributed by atoms with E-state index in [-0.39, 0.29) is 5.91 Å². The fourth-order valence-corrected chi connectivity index (χ4v) is 2.43. The lowest BCUT2D eigenvalue weighted by molar-refractivity contribution is 0.0950. The van der Waals surface area contributed by atoms with Crippen molar-refractivity contribution >= 4 is 5.91 Å². The number of benzene rings is 2. The average molecular weight is 321 g/mol. The van der Waals surface area contributed by atoms with E-state index in [0.29, 0.717) is 18.7 Å². The number of rotatable bonds is 6. The van der Waals surface area contributed by atoms with Gasteiger partial charge in [0.15, 0.2) is 0 Å². The summed E-state index contributed by atoms with van der Waals surface area (Å²) in [5, 5.41) is 7.24. The van der Waals surface area contributed by atoms with E-state index in [4.69, 9.17) is 4.74 Å². The summed E-state index contributed by atoms with van der Waals surface area (Å²) in [5.74, 6) is -0.111. The summed E-state index contributed by atoms with van der Waals surface area (Å²) in [6.07, 6.45) is 3.67. The number of nitrogens with one attached hydrogen (secondary N) is 1. The molecule has 2 aromatic carbocycles. The Labute approximate surface area is 140 Å². The standard InChI is InChI=1S/C19H19N3O2/c1-24-14-15-6-5-7-17(10-15)19(23)20-11-16-12-21-22(13-16)18-8-3-2-4-9-18/h2-10,12-13H,11,14H2,1H3,(H,20,23). The van der Waals surface area contributed by atoms with Gasteiger partial charge in [-0.3, -0.25) is 4.79 Å². The summed E-state index contributed by atoms with van der Waals surface area (Å²) in [6, 6.07) is 17.3. The van der Waals surface area contributed by atoms with Gasteiger partial charge in [0.25, 0.3) is 5.91 Å². The van der Waals surface area contributed by atoms with Crippen LogP contribution in [0.1, 0.15) is 21.5 Å². The Morgan fingerprint density at radius 3 is 2.75 bits per heavy atom. The molecule has 0 aliphatic heterocycles. The van der Waals surface area contributed by atoms with Crippen molar-refractivity contribution in [1.82, 2.24) is 15.1 Å². The first-order valence-corrected chi connectivity index (χ1v) is 7.71. The molecule has 0 saturated carbocycles. The van der Waals surface area contributed by atoms with Crippen LogP contribution < -0.4 is 5.32 Å². The second kappa shape index (κ2) is 7.57. The Morgan fingerprint density at radius 1 is 1.12 bits per heavy atom. The molecule has 0 aliphatic rings. The van der Waals surface area contributed by atoms with Crippen molar-refractivity contribution in [2.24, 2.45) is 0 Å². The molecule has 3 rings (SSSR count). The number of amides is 1. The lowest BCUT2D eigenvalue weighted by Gasteiger charge is -2.06. The second-order valence-electron chi connectivity index (χ2n) is 5.44. The molecule has 0 spiro atoms. The third kappa shape index (κ3) is 3.88. The molecule has 1 heterocycles. The Bertz CT molecular complexity index is 812. The third-order valence-electron chi connectivity index (χ3n) is 3.61. The van der Waals surface area contributed by atoms with Crippen molar-refractivity contribution in [3.8, 4) is 5.69 Å². The first-order chi connectivity index (χ1) is 11.8. The zero-order chi connectivity index (χ0) is 16.8. The molecule has 0 radical (unpaired) electrons. The number of ether oxygens (including phenoxy) is 1. The maximum absolute atomic E-state index is 12.3. The Morgan fingerprint density at radius 2 is 1.96 bits per heavy atom. The molecule has 1 amide bonds. The highest BCUT2D eigenvalue weighted by atomic mass is 16.5. The number of aromatic nitrogens is 2. The summed E-state index contributed by atoms with van der Waals surface area (Å²) in [5.41, 5.74) is 3.53. The molecule has 3 aromatic rings. The van der Waals surface area contributed by atoms with Crippen LogP contribution in [-0.2, 0) is 17.9 Å². The molecule has 0 unspecified atom stereocenters. The molecular weight excluding hydrogens is 302 g/mol. The van der Waals surface area contributed by atoms with Crippen LogP contribution in [0, 0.1) is 0 Å². The fourth-order valence-electron chi connectivity index (χ4n) is 2.43. The number of carbonyl (C=O) groups excluding carboxylic acids is 1. The van der Waals surface area contributed by atoms with E-state index < -0.39 is 0 Å². The molecule has 0 atom stereocenters. The minimum Gasteiger partial charge on any atom is -0.380 e. The van der Waals surface area contributed by atoms with Crippen LogP contribution in [0.2, 0.25) is 0 Å². The fraction of sp³-hybridized carbons (Fsp3) is 0.158. The van der Waals surface area contributed by atoms with Gasteiger partial charge in [0.2, 0.25) is 0 Å². The Hall–Kier alpha value is -2.92. The lowest BCUT2D eigenvalue weighted by Crippen LogP contribution is -2.22.